The minimum absolute atomic E-state index is 0.104. The molecule has 1 aliphatic heterocycles. The summed E-state index contributed by atoms with van der Waals surface area (Å²) in [6, 6.07) is 3.92. The molecule has 1 heterocycles. The number of imide groups is 1. The Hall–Kier alpha value is -2.70. The second kappa shape index (κ2) is 6.38. The van der Waals surface area contributed by atoms with E-state index in [2.05, 4.69) is 5.32 Å². The van der Waals surface area contributed by atoms with E-state index in [9.17, 15) is 19.2 Å². The van der Waals surface area contributed by atoms with E-state index in [0.717, 1.165) is 0 Å². The lowest BCUT2D eigenvalue weighted by molar-refractivity contribution is -0.136. The number of rotatable bonds is 4. The van der Waals surface area contributed by atoms with Crippen LogP contribution >= 0.6 is 0 Å². The highest BCUT2D eigenvalue weighted by atomic mass is 16.5. The normalized spacial score (nSPS) is 17.6. The van der Waals surface area contributed by atoms with Gasteiger partial charge in [0.05, 0.1) is 12.7 Å². The topological polar surface area (TPSA) is 92.8 Å². The Morgan fingerprint density at radius 3 is 2.73 bits per heavy atom. The lowest BCUT2D eigenvalue weighted by Gasteiger charge is -2.30. The molecule has 7 heteroatoms. The smallest absolute Gasteiger partial charge is 0.258 e. The molecule has 0 aromatic heterocycles. The van der Waals surface area contributed by atoms with E-state index in [-0.39, 0.29) is 35.6 Å². The Morgan fingerprint density at radius 2 is 2.14 bits per heavy atom. The monoisotopic (exact) mass is 304 g/mol. The molecule has 2 rings (SSSR count). The quantitative estimate of drug-likeness (QED) is 0.641. The number of aldehydes is 1. The number of hydrogen-bond donors (Lipinski definition) is 1. The van der Waals surface area contributed by atoms with Crippen molar-refractivity contribution in [2.24, 2.45) is 0 Å². The third-order valence-electron chi connectivity index (χ3n) is 3.62. The molecule has 1 saturated heterocycles. The number of carbonyl (C=O) groups excluding carboxylic acids is 4. The minimum atomic E-state index is -0.755. The van der Waals surface area contributed by atoms with E-state index in [1.54, 1.807) is 12.1 Å². The van der Waals surface area contributed by atoms with Gasteiger partial charge in [-0.2, -0.15) is 0 Å². The van der Waals surface area contributed by atoms with Crippen LogP contribution in [-0.2, 0) is 9.59 Å². The molecule has 22 heavy (non-hydrogen) atoms. The summed E-state index contributed by atoms with van der Waals surface area (Å²) in [6.07, 6.45) is 0.979. The number of benzene rings is 1. The number of ether oxygens (including phenoxy) is 1. The molecule has 1 N–H and O–H groups in total. The molecule has 1 aliphatic rings. The number of methoxy groups -OCH3 is 1. The SMILES string of the molecule is COc1cccc(C=O)c1C(=O)N(C)C1CCC(=O)NC1=O. The predicted molar refractivity (Wildman–Crippen MR) is 76.6 cm³/mol. The summed E-state index contributed by atoms with van der Waals surface area (Å²) >= 11 is 0. The molecule has 116 valence electrons. The van der Waals surface area contributed by atoms with E-state index in [1.165, 1.54) is 25.1 Å². The Bertz CT molecular complexity index is 641. The van der Waals surface area contributed by atoms with Gasteiger partial charge in [-0.1, -0.05) is 12.1 Å². The van der Waals surface area contributed by atoms with Crippen LogP contribution in [0.15, 0.2) is 18.2 Å². The first-order valence-electron chi connectivity index (χ1n) is 6.72. The summed E-state index contributed by atoms with van der Waals surface area (Å²) in [5.41, 5.74) is 0.288. The van der Waals surface area contributed by atoms with Crippen LogP contribution in [0.4, 0.5) is 0 Å². The summed E-state index contributed by atoms with van der Waals surface area (Å²) in [4.78, 5) is 48.1. The van der Waals surface area contributed by atoms with Gasteiger partial charge in [0.1, 0.15) is 11.8 Å². The Labute approximate surface area is 127 Å². The van der Waals surface area contributed by atoms with E-state index < -0.39 is 17.9 Å². The second-order valence-electron chi connectivity index (χ2n) is 4.93. The first-order chi connectivity index (χ1) is 10.5. The summed E-state index contributed by atoms with van der Waals surface area (Å²) in [6.45, 7) is 0. The Morgan fingerprint density at radius 1 is 1.41 bits per heavy atom. The van der Waals surface area contributed by atoms with E-state index in [1.807, 2.05) is 0 Å². The maximum atomic E-state index is 12.7. The highest BCUT2D eigenvalue weighted by Crippen LogP contribution is 2.24. The summed E-state index contributed by atoms with van der Waals surface area (Å²) in [5, 5.41) is 2.20. The molecular formula is C15H16N2O5. The lowest BCUT2D eigenvalue weighted by atomic mass is 10.0. The molecule has 0 aliphatic carbocycles. The fourth-order valence-electron chi connectivity index (χ4n) is 2.41. The van der Waals surface area contributed by atoms with Crippen molar-refractivity contribution in [3.63, 3.8) is 0 Å². The van der Waals surface area contributed by atoms with E-state index in [0.29, 0.717) is 6.29 Å². The first-order valence-corrected chi connectivity index (χ1v) is 6.72. The van der Waals surface area contributed by atoms with Gasteiger partial charge in [-0.05, 0) is 12.5 Å². The largest absolute Gasteiger partial charge is 0.496 e. The van der Waals surface area contributed by atoms with Crippen molar-refractivity contribution >= 4 is 24.0 Å². The predicted octanol–water partition coefficient (Wildman–Crippen LogP) is 0.385. The molecule has 1 atom stereocenters. The van der Waals surface area contributed by atoms with Crippen molar-refractivity contribution in [2.75, 3.05) is 14.2 Å². The van der Waals surface area contributed by atoms with Crippen molar-refractivity contribution in [1.29, 1.82) is 0 Å². The van der Waals surface area contributed by atoms with Crippen molar-refractivity contribution in [1.82, 2.24) is 10.2 Å². The summed E-state index contributed by atoms with van der Waals surface area (Å²) < 4.78 is 5.13. The van der Waals surface area contributed by atoms with Crippen LogP contribution in [-0.4, -0.2) is 49.1 Å². The standard InChI is InChI=1S/C15H16N2O5/c1-17(10-6-7-12(19)16-14(10)20)15(21)13-9(8-18)4-3-5-11(13)22-2/h3-5,8,10H,6-7H2,1-2H3,(H,16,19,20). The van der Waals surface area contributed by atoms with Crippen LogP contribution in [0.25, 0.3) is 0 Å². The molecule has 0 radical (unpaired) electrons. The number of nitrogens with one attached hydrogen (secondary N) is 1. The number of hydrogen-bond acceptors (Lipinski definition) is 5. The van der Waals surface area contributed by atoms with Gasteiger partial charge in [-0.3, -0.25) is 24.5 Å². The fourth-order valence-corrected chi connectivity index (χ4v) is 2.41. The van der Waals surface area contributed by atoms with E-state index >= 15 is 0 Å². The number of likely N-dealkylation sites (N-methyl/N-ethyl adjacent to an activating group) is 1. The van der Waals surface area contributed by atoms with Gasteiger partial charge in [-0.25, -0.2) is 0 Å². The number of nitrogens with zero attached hydrogens (tertiary/aromatic N) is 1. The van der Waals surface area contributed by atoms with Crippen LogP contribution < -0.4 is 10.1 Å². The van der Waals surface area contributed by atoms with Crippen LogP contribution in [0.5, 0.6) is 5.75 Å². The van der Waals surface area contributed by atoms with Crippen LogP contribution in [0.2, 0.25) is 0 Å². The van der Waals surface area contributed by atoms with Gasteiger partial charge in [0.2, 0.25) is 11.8 Å². The van der Waals surface area contributed by atoms with Gasteiger partial charge in [0.15, 0.2) is 6.29 Å². The number of piperidine rings is 1. The number of amides is 3. The van der Waals surface area contributed by atoms with Crippen molar-refractivity contribution in [3.05, 3.63) is 29.3 Å². The molecule has 1 fully saturated rings. The highest BCUT2D eigenvalue weighted by molar-refractivity contribution is 6.07. The van der Waals surface area contributed by atoms with Crippen molar-refractivity contribution in [2.45, 2.75) is 18.9 Å². The van der Waals surface area contributed by atoms with Crippen molar-refractivity contribution < 1.29 is 23.9 Å². The zero-order valence-electron chi connectivity index (χ0n) is 12.3. The Kier molecular flexibility index (Phi) is 4.55. The maximum Gasteiger partial charge on any atom is 0.258 e. The fraction of sp³-hybridized carbons (Fsp3) is 0.333. The van der Waals surface area contributed by atoms with Gasteiger partial charge >= 0.3 is 0 Å². The summed E-state index contributed by atoms with van der Waals surface area (Å²) in [5.74, 6) is -1.12. The van der Waals surface area contributed by atoms with Gasteiger partial charge in [-0.15, -0.1) is 0 Å². The van der Waals surface area contributed by atoms with Crippen LogP contribution in [0.3, 0.4) is 0 Å². The first kappa shape index (κ1) is 15.7. The third kappa shape index (κ3) is 2.83. The molecule has 7 nitrogen and oxygen atoms in total. The molecule has 1 unspecified atom stereocenters. The second-order valence-corrected chi connectivity index (χ2v) is 4.93. The van der Waals surface area contributed by atoms with Gasteiger partial charge < -0.3 is 9.64 Å². The molecule has 0 bridgehead atoms. The summed E-state index contributed by atoms with van der Waals surface area (Å²) in [7, 11) is 2.86. The molecular weight excluding hydrogens is 288 g/mol. The average Bonchev–Trinajstić information content (AvgIpc) is 2.52. The molecule has 0 saturated carbocycles. The highest BCUT2D eigenvalue weighted by Gasteiger charge is 2.34. The maximum absolute atomic E-state index is 12.7. The Balaban J connectivity index is 2.33. The van der Waals surface area contributed by atoms with Crippen molar-refractivity contribution in [3.8, 4) is 5.75 Å². The minimum Gasteiger partial charge on any atom is -0.496 e. The van der Waals surface area contributed by atoms with Crippen LogP contribution in [0, 0.1) is 0 Å². The zero-order valence-corrected chi connectivity index (χ0v) is 12.3. The molecule has 3 amide bonds. The third-order valence-corrected chi connectivity index (χ3v) is 3.62. The molecule has 1 aromatic rings. The van der Waals surface area contributed by atoms with Gasteiger partial charge in [0.25, 0.3) is 5.91 Å². The van der Waals surface area contributed by atoms with Gasteiger partial charge in [0, 0.05) is 19.0 Å². The zero-order chi connectivity index (χ0) is 16.3. The molecule has 1 aromatic carbocycles. The molecule has 0 spiro atoms. The van der Waals surface area contributed by atoms with E-state index in [4.69, 9.17) is 4.74 Å². The average molecular weight is 304 g/mol. The van der Waals surface area contributed by atoms with Crippen LogP contribution in [0.1, 0.15) is 33.6 Å². The number of carbonyl (C=O) groups is 4. The lowest BCUT2D eigenvalue weighted by Crippen LogP contribution is -2.53.